The summed E-state index contributed by atoms with van der Waals surface area (Å²) in [5.41, 5.74) is 0. The molecule has 0 bridgehead atoms. The molecular weight excluding hydrogens is 256 g/mol. The van der Waals surface area contributed by atoms with E-state index >= 15 is 0 Å². The molecular formula is C13H18N6O. The molecule has 0 aliphatic carbocycles. The van der Waals surface area contributed by atoms with Crippen LogP contribution in [0.25, 0.3) is 0 Å². The first kappa shape index (κ1) is 13.0. The zero-order valence-corrected chi connectivity index (χ0v) is 11.6. The van der Waals surface area contributed by atoms with E-state index in [1.807, 2.05) is 19.1 Å². The molecule has 7 heteroatoms. The molecule has 3 heterocycles. The van der Waals surface area contributed by atoms with Gasteiger partial charge in [0, 0.05) is 38.8 Å². The third-order valence-corrected chi connectivity index (χ3v) is 3.42. The summed E-state index contributed by atoms with van der Waals surface area (Å²) in [5.74, 6) is 2.35. The van der Waals surface area contributed by atoms with Gasteiger partial charge >= 0.3 is 0 Å². The minimum absolute atomic E-state index is 0.704. The summed E-state index contributed by atoms with van der Waals surface area (Å²) in [5, 5.41) is 16.1. The maximum atomic E-state index is 5.55. The van der Waals surface area contributed by atoms with E-state index < -0.39 is 0 Å². The molecule has 1 aliphatic heterocycles. The van der Waals surface area contributed by atoms with E-state index in [0.29, 0.717) is 11.8 Å². The SMILES string of the molecule is CCc1nnc(CN2CCN(c3cccnn3)CC2)o1. The Balaban J connectivity index is 1.53. The highest BCUT2D eigenvalue weighted by Crippen LogP contribution is 2.13. The molecule has 2 aromatic heterocycles. The minimum atomic E-state index is 0.704. The number of aryl methyl sites for hydroxylation is 1. The molecule has 20 heavy (non-hydrogen) atoms. The van der Waals surface area contributed by atoms with Gasteiger partial charge in [-0.15, -0.1) is 15.3 Å². The van der Waals surface area contributed by atoms with E-state index in [1.54, 1.807) is 6.20 Å². The predicted molar refractivity (Wildman–Crippen MR) is 73.2 cm³/mol. The fraction of sp³-hybridized carbons (Fsp3) is 0.538. The molecule has 1 saturated heterocycles. The van der Waals surface area contributed by atoms with Crippen LogP contribution in [-0.2, 0) is 13.0 Å². The standard InChI is InChI=1S/C13H18N6O/c1-2-12-16-17-13(20-12)10-18-6-8-19(9-7-18)11-4-3-5-14-15-11/h3-5H,2,6-10H2,1H3. The van der Waals surface area contributed by atoms with Gasteiger partial charge in [-0.05, 0) is 12.1 Å². The number of piperazine rings is 1. The molecule has 106 valence electrons. The molecule has 0 atom stereocenters. The first-order valence-corrected chi connectivity index (χ1v) is 6.91. The summed E-state index contributed by atoms with van der Waals surface area (Å²) in [6, 6.07) is 3.91. The predicted octanol–water partition coefficient (Wildman–Crippen LogP) is 0.744. The number of nitrogens with zero attached hydrogens (tertiary/aromatic N) is 6. The summed E-state index contributed by atoms with van der Waals surface area (Å²) in [7, 11) is 0. The number of anilines is 1. The number of hydrogen-bond acceptors (Lipinski definition) is 7. The molecule has 1 fully saturated rings. The van der Waals surface area contributed by atoms with Crippen LogP contribution in [0.5, 0.6) is 0 Å². The molecule has 2 aromatic rings. The monoisotopic (exact) mass is 274 g/mol. The Bertz CT molecular complexity index is 535. The number of aromatic nitrogens is 4. The molecule has 0 spiro atoms. The van der Waals surface area contributed by atoms with Crippen molar-refractivity contribution in [3.8, 4) is 0 Å². The Morgan fingerprint density at radius 1 is 1.10 bits per heavy atom. The maximum Gasteiger partial charge on any atom is 0.230 e. The Kier molecular flexibility index (Phi) is 3.87. The van der Waals surface area contributed by atoms with Gasteiger partial charge in [-0.2, -0.15) is 5.10 Å². The fourth-order valence-corrected chi connectivity index (χ4v) is 2.28. The zero-order chi connectivity index (χ0) is 13.8. The first-order valence-electron chi connectivity index (χ1n) is 6.91. The molecule has 1 aliphatic rings. The molecule has 0 unspecified atom stereocenters. The summed E-state index contributed by atoms with van der Waals surface area (Å²) in [4.78, 5) is 4.56. The number of rotatable bonds is 4. The van der Waals surface area contributed by atoms with Gasteiger partial charge in [0.25, 0.3) is 0 Å². The van der Waals surface area contributed by atoms with Gasteiger partial charge in [0.15, 0.2) is 5.82 Å². The van der Waals surface area contributed by atoms with E-state index in [0.717, 1.165) is 45.0 Å². The third kappa shape index (κ3) is 2.93. The van der Waals surface area contributed by atoms with Crippen LogP contribution < -0.4 is 4.90 Å². The van der Waals surface area contributed by atoms with Crippen molar-refractivity contribution >= 4 is 5.82 Å². The summed E-state index contributed by atoms with van der Waals surface area (Å²) in [6.07, 6.45) is 2.48. The third-order valence-electron chi connectivity index (χ3n) is 3.42. The Morgan fingerprint density at radius 2 is 1.90 bits per heavy atom. The molecule has 0 N–H and O–H groups in total. The molecule has 0 aromatic carbocycles. The Morgan fingerprint density at radius 3 is 2.55 bits per heavy atom. The minimum Gasteiger partial charge on any atom is -0.424 e. The van der Waals surface area contributed by atoms with Gasteiger partial charge in [0.05, 0.1) is 6.54 Å². The van der Waals surface area contributed by atoms with Gasteiger partial charge in [0.2, 0.25) is 11.8 Å². The van der Waals surface area contributed by atoms with Crippen molar-refractivity contribution in [1.29, 1.82) is 0 Å². The Labute approximate surface area is 117 Å². The smallest absolute Gasteiger partial charge is 0.230 e. The average Bonchev–Trinajstić information content (AvgIpc) is 2.97. The van der Waals surface area contributed by atoms with Gasteiger partial charge in [-0.3, -0.25) is 4.90 Å². The van der Waals surface area contributed by atoms with Crippen LogP contribution in [0.4, 0.5) is 5.82 Å². The van der Waals surface area contributed by atoms with Crippen molar-refractivity contribution in [3.63, 3.8) is 0 Å². The van der Waals surface area contributed by atoms with E-state index in [-0.39, 0.29) is 0 Å². The van der Waals surface area contributed by atoms with Crippen LogP contribution in [-0.4, -0.2) is 51.5 Å². The van der Waals surface area contributed by atoms with Crippen LogP contribution in [0.15, 0.2) is 22.7 Å². The average molecular weight is 274 g/mol. The van der Waals surface area contributed by atoms with Crippen LogP contribution >= 0.6 is 0 Å². The van der Waals surface area contributed by atoms with Crippen molar-refractivity contribution in [2.75, 3.05) is 31.1 Å². The normalized spacial score (nSPS) is 16.6. The quantitative estimate of drug-likeness (QED) is 0.814. The van der Waals surface area contributed by atoms with Crippen molar-refractivity contribution in [2.24, 2.45) is 0 Å². The zero-order valence-electron chi connectivity index (χ0n) is 11.6. The fourth-order valence-electron chi connectivity index (χ4n) is 2.28. The molecule has 7 nitrogen and oxygen atoms in total. The number of hydrogen-bond donors (Lipinski definition) is 0. The van der Waals surface area contributed by atoms with Crippen LogP contribution in [0, 0.1) is 0 Å². The van der Waals surface area contributed by atoms with Crippen LogP contribution in [0.3, 0.4) is 0 Å². The van der Waals surface area contributed by atoms with E-state index in [9.17, 15) is 0 Å². The molecule has 0 radical (unpaired) electrons. The van der Waals surface area contributed by atoms with E-state index in [1.165, 1.54) is 0 Å². The second kappa shape index (κ2) is 5.96. The van der Waals surface area contributed by atoms with Gasteiger partial charge < -0.3 is 9.32 Å². The second-order valence-corrected chi connectivity index (χ2v) is 4.79. The van der Waals surface area contributed by atoms with Crippen molar-refractivity contribution in [2.45, 2.75) is 19.9 Å². The first-order chi connectivity index (χ1) is 9.85. The molecule has 0 saturated carbocycles. The lowest BCUT2D eigenvalue weighted by Gasteiger charge is -2.34. The lowest BCUT2D eigenvalue weighted by molar-refractivity contribution is 0.224. The van der Waals surface area contributed by atoms with Gasteiger partial charge in [-0.1, -0.05) is 6.92 Å². The lowest BCUT2D eigenvalue weighted by atomic mass is 10.3. The van der Waals surface area contributed by atoms with Crippen LogP contribution in [0.1, 0.15) is 18.7 Å². The summed E-state index contributed by atoms with van der Waals surface area (Å²) < 4.78 is 5.55. The van der Waals surface area contributed by atoms with Gasteiger partial charge in [-0.25, -0.2) is 0 Å². The van der Waals surface area contributed by atoms with Crippen molar-refractivity contribution in [3.05, 3.63) is 30.1 Å². The van der Waals surface area contributed by atoms with E-state index in [4.69, 9.17) is 4.42 Å². The van der Waals surface area contributed by atoms with Crippen molar-refractivity contribution in [1.82, 2.24) is 25.3 Å². The Hall–Kier alpha value is -2.02. The lowest BCUT2D eigenvalue weighted by Crippen LogP contribution is -2.46. The highest BCUT2D eigenvalue weighted by Gasteiger charge is 2.19. The summed E-state index contributed by atoms with van der Waals surface area (Å²) >= 11 is 0. The largest absolute Gasteiger partial charge is 0.424 e. The summed E-state index contributed by atoms with van der Waals surface area (Å²) in [6.45, 7) is 6.53. The topological polar surface area (TPSA) is 71.2 Å². The highest BCUT2D eigenvalue weighted by atomic mass is 16.4. The molecule has 3 rings (SSSR count). The van der Waals surface area contributed by atoms with Crippen LogP contribution in [0.2, 0.25) is 0 Å². The van der Waals surface area contributed by atoms with Gasteiger partial charge in [0.1, 0.15) is 0 Å². The molecule has 0 amide bonds. The van der Waals surface area contributed by atoms with Crippen molar-refractivity contribution < 1.29 is 4.42 Å². The highest BCUT2D eigenvalue weighted by molar-refractivity contribution is 5.36. The maximum absolute atomic E-state index is 5.55. The van der Waals surface area contributed by atoms with E-state index in [2.05, 4.69) is 30.2 Å². The second-order valence-electron chi connectivity index (χ2n) is 4.79.